The maximum absolute atomic E-state index is 12.2. The van der Waals surface area contributed by atoms with Gasteiger partial charge in [-0.15, -0.1) is 0 Å². The predicted molar refractivity (Wildman–Crippen MR) is 76.8 cm³/mol. The first-order valence-electron chi connectivity index (χ1n) is 7.95. The summed E-state index contributed by atoms with van der Waals surface area (Å²) < 4.78 is 0. The number of hydrogen-bond acceptors (Lipinski definition) is 2. The van der Waals surface area contributed by atoms with Gasteiger partial charge in [0.05, 0.1) is 6.54 Å². The molecule has 3 aliphatic rings. The number of nitrogens with zero attached hydrogens (tertiary/aromatic N) is 1. The summed E-state index contributed by atoms with van der Waals surface area (Å²) in [6, 6.07) is 0.505. The van der Waals surface area contributed by atoms with Crippen molar-refractivity contribution in [1.29, 1.82) is 0 Å². The highest BCUT2D eigenvalue weighted by atomic mass is 16.2. The first kappa shape index (κ1) is 13.4. The zero-order valence-electron chi connectivity index (χ0n) is 12.7. The molecule has 0 radical (unpaired) electrons. The van der Waals surface area contributed by atoms with E-state index in [2.05, 4.69) is 26.1 Å². The van der Waals surface area contributed by atoms with E-state index in [0.717, 1.165) is 19.0 Å². The van der Waals surface area contributed by atoms with E-state index in [1.165, 1.54) is 32.1 Å². The molecule has 1 N–H and O–H groups in total. The molecule has 19 heavy (non-hydrogen) atoms. The molecule has 0 aromatic carbocycles. The number of rotatable bonds is 3. The lowest BCUT2D eigenvalue weighted by Crippen LogP contribution is -2.53. The highest BCUT2D eigenvalue weighted by Gasteiger charge is 2.59. The molecular weight excluding hydrogens is 236 g/mol. The van der Waals surface area contributed by atoms with Crippen LogP contribution in [0.1, 0.15) is 52.9 Å². The van der Waals surface area contributed by atoms with Crippen LogP contribution in [-0.2, 0) is 4.79 Å². The molecule has 0 aromatic rings. The molecular formula is C16H28N2O. The molecule has 3 nitrogen and oxygen atoms in total. The van der Waals surface area contributed by atoms with Gasteiger partial charge in [0, 0.05) is 19.1 Å². The van der Waals surface area contributed by atoms with E-state index in [4.69, 9.17) is 0 Å². The van der Waals surface area contributed by atoms with Crippen molar-refractivity contribution in [2.24, 2.45) is 16.7 Å². The molecule has 2 aliphatic carbocycles. The summed E-state index contributed by atoms with van der Waals surface area (Å²) in [5.74, 6) is 1.15. The quantitative estimate of drug-likeness (QED) is 0.849. The molecule has 1 amide bonds. The van der Waals surface area contributed by atoms with Crippen LogP contribution in [0.25, 0.3) is 0 Å². The van der Waals surface area contributed by atoms with Crippen LogP contribution in [0.15, 0.2) is 0 Å². The van der Waals surface area contributed by atoms with E-state index < -0.39 is 0 Å². The molecule has 1 unspecified atom stereocenters. The molecule has 0 aromatic heterocycles. The van der Waals surface area contributed by atoms with Gasteiger partial charge in [0.2, 0.25) is 5.91 Å². The Bertz CT molecular complexity index is 368. The molecule has 3 fully saturated rings. The molecule has 3 heteroatoms. The Balaban J connectivity index is 1.61. The Morgan fingerprint density at radius 1 is 1.26 bits per heavy atom. The van der Waals surface area contributed by atoms with Gasteiger partial charge in [-0.2, -0.15) is 0 Å². The summed E-state index contributed by atoms with van der Waals surface area (Å²) in [5, 5.41) is 3.63. The van der Waals surface area contributed by atoms with E-state index >= 15 is 0 Å². The molecule has 1 saturated heterocycles. The van der Waals surface area contributed by atoms with Crippen LogP contribution < -0.4 is 5.32 Å². The second-order valence-corrected chi connectivity index (χ2v) is 7.82. The minimum absolute atomic E-state index is 0.305. The lowest BCUT2D eigenvalue weighted by molar-refractivity contribution is -0.129. The first-order valence-corrected chi connectivity index (χ1v) is 7.95. The standard InChI is InChI=1S/C16H28N2O/c1-15(2)12-6-7-16(3,10-12)14(15)17-11-13(19)18-8-4-5-9-18/h12,14,17H,4-11H2,1-3H3/t12-,14?,16+/m0/s1. The van der Waals surface area contributed by atoms with Crippen molar-refractivity contribution in [1.82, 2.24) is 10.2 Å². The number of nitrogens with one attached hydrogen (secondary N) is 1. The van der Waals surface area contributed by atoms with Crippen molar-refractivity contribution in [3.8, 4) is 0 Å². The highest BCUT2D eigenvalue weighted by molar-refractivity contribution is 5.78. The summed E-state index contributed by atoms with van der Waals surface area (Å²) in [7, 11) is 0. The third-order valence-corrected chi connectivity index (χ3v) is 6.19. The van der Waals surface area contributed by atoms with Gasteiger partial charge in [-0.25, -0.2) is 0 Å². The summed E-state index contributed by atoms with van der Waals surface area (Å²) >= 11 is 0. The number of carbonyl (C=O) groups excluding carboxylic acids is 1. The Morgan fingerprint density at radius 3 is 2.53 bits per heavy atom. The van der Waals surface area contributed by atoms with Crippen LogP contribution in [0, 0.1) is 16.7 Å². The number of hydrogen-bond donors (Lipinski definition) is 1. The van der Waals surface area contributed by atoms with Gasteiger partial charge in [-0.3, -0.25) is 4.79 Å². The smallest absolute Gasteiger partial charge is 0.236 e. The topological polar surface area (TPSA) is 32.3 Å². The molecule has 108 valence electrons. The van der Waals surface area contributed by atoms with Crippen molar-refractivity contribution >= 4 is 5.91 Å². The van der Waals surface area contributed by atoms with Crippen molar-refractivity contribution in [2.75, 3.05) is 19.6 Å². The average molecular weight is 264 g/mol. The fourth-order valence-corrected chi connectivity index (χ4v) is 5.08. The summed E-state index contributed by atoms with van der Waals surface area (Å²) in [4.78, 5) is 14.2. The number of amides is 1. The zero-order chi connectivity index (χ0) is 13.7. The zero-order valence-corrected chi connectivity index (χ0v) is 12.7. The van der Waals surface area contributed by atoms with Crippen LogP contribution in [0.5, 0.6) is 0 Å². The van der Waals surface area contributed by atoms with Crippen LogP contribution in [0.4, 0.5) is 0 Å². The van der Waals surface area contributed by atoms with E-state index in [-0.39, 0.29) is 0 Å². The molecule has 1 heterocycles. The average Bonchev–Trinajstić information content (AvgIpc) is 3.00. The molecule has 3 rings (SSSR count). The van der Waals surface area contributed by atoms with Gasteiger partial charge in [0.1, 0.15) is 0 Å². The summed E-state index contributed by atoms with van der Waals surface area (Å²) in [5.41, 5.74) is 0.762. The van der Waals surface area contributed by atoms with Crippen LogP contribution in [0.2, 0.25) is 0 Å². The van der Waals surface area contributed by atoms with E-state index in [9.17, 15) is 4.79 Å². The lowest BCUT2D eigenvalue weighted by Gasteiger charge is -2.43. The van der Waals surface area contributed by atoms with Gasteiger partial charge < -0.3 is 10.2 Å². The Morgan fingerprint density at radius 2 is 1.95 bits per heavy atom. The van der Waals surface area contributed by atoms with E-state index in [0.29, 0.717) is 29.3 Å². The van der Waals surface area contributed by atoms with Gasteiger partial charge in [-0.05, 0) is 48.9 Å². The lowest BCUT2D eigenvalue weighted by atomic mass is 9.68. The highest BCUT2D eigenvalue weighted by Crippen LogP contribution is 2.62. The maximum Gasteiger partial charge on any atom is 0.236 e. The van der Waals surface area contributed by atoms with Crippen molar-refractivity contribution < 1.29 is 4.79 Å². The Labute approximate surface area is 117 Å². The Hall–Kier alpha value is -0.570. The van der Waals surface area contributed by atoms with Crippen molar-refractivity contribution in [3.05, 3.63) is 0 Å². The van der Waals surface area contributed by atoms with Gasteiger partial charge in [-0.1, -0.05) is 20.8 Å². The van der Waals surface area contributed by atoms with Crippen LogP contribution in [0.3, 0.4) is 0 Å². The maximum atomic E-state index is 12.2. The van der Waals surface area contributed by atoms with Gasteiger partial charge in [0.15, 0.2) is 0 Å². The van der Waals surface area contributed by atoms with E-state index in [1.54, 1.807) is 0 Å². The SMILES string of the molecule is CC1(C)C(NCC(=O)N2CCCC2)[C@]2(C)CC[C@H]1C2. The number of carbonyl (C=O) groups is 1. The normalized spacial score (nSPS) is 40.1. The fraction of sp³-hybridized carbons (Fsp3) is 0.938. The molecule has 2 saturated carbocycles. The summed E-state index contributed by atoms with van der Waals surface area (Å²) in [6.45, 7) is 9.67. The summed E-state index contributed by atoms with van der Waals surface area (Å²) in [6.07, 6.45) is 6.41. The first-order chi connectivity index (χ1) is 8.93. The molecule has 1 aliphatic heterocycles. The van der Waals surface area contributed by atoms with Gasteiger partial charge in [0.25, 0.3) is 0 Å². The monoisotopic (exact) mass is 264 g/mol. The van der Waals surface area contributed by atoms with E-state index in [1.807, 2.05) is 4.90 Å². The second kappa shape index (κ2) is 4.47. The van der Waals surface area contributed by atoms with Crippen LogP contribution >= 0.6 is 0 Å². The van der Waals surface area contributed by atoms with Crippen LogP contribution in [-0.4, -0.2) is 36.5 Å². The number of fused-ring (bicyclic) bond motifs is 2. The Kier molecular flexibility index (Phi) is 3.16. The van der Waals surface area contributed by atoms with Crippen molar-refractivity contribution in [2.45, 2.75) is 58.9 Å². The minimum Gasteiger partial charge on any atom is -0.342 e. The number of likely N-dealkylation sites (tertiary alicyclic amines) is 1. The fourth-order valence-electron chi connectivity index (χ4n) is 5.08. The van der Waals surface area contributed by atoms with Crippen molar-refractivity contribution in [3.63, 3.8) is 0 Å². The minimum atomic E-state index is 0.305. The predicted octanol–water partition coefficient (Wildman–Crippen LogP) is 2.41. The molecule has 3 atom stereocenters. The van der Waals surface area contributed by atoms with Gasteiger partial charge >= 0.3 is 0 Å². The molecule has 0 spiro atoms. The molecule has 2 bridgehead atoms. The largest absolute Gasteiger partial charge is 0.342 e. The second-order valence-electron chi connectivity index (χ2n) is 7.82. The third kappa shape index (κ3) is 2.10. The third-order valence-electron chi connectivity index (χ3n) is 6.19.